The lowest BCUT2D eigenvalue weighted by atomic mass is 9.65. The van der Waals surface area contributed by atoms with Gasteiger partial charge in [0.1, 0.15) is 5.78 Å². The van der Waals surface area contributed by atoms with Gasteiger partial charge in [-0.2, -0.15) is 0 Å². The molecular formula is C24H38O. The van der Waals surface area contributed by atoms with Gasteiger partial charge in [0, 0.05) is 12.3 Å². The van der Waals surface area contributed by atoms with Crippen molar-refractivity contribution in [2.45, 2.75) is 91.4 Å². The minimum Gasteiger partial charge on any atom is -0.299 e. The molecule has 0 saturated heterocycles. The van der Waals surface area contributed by atoms with Gasteiger partial charge in [0.15, 0.2) is 0 Å². The van der Waals surface area contributed by atoms with Crippen LogP contribution >= 0.6 is 0 Å². The van der Waals surface area contributed by atoms with Gasteiger partial charge in [-0.05, 0) is 36.2 Å². The zero-order valence-electron chi connectivity index (χ0n) is 16.7. The molecule has 1 fully saturated rings. The van der Waals surface area contributed by atoms with Crippen LogP contribution in [0.4, 0.5) is 0 Å². The maximum Gasteiger partial charge on any atom is 0.136 e. The molecule has 0 aliphatic heterocycles. The Bertz CT molecular complexity index is 500. The van der Waals surface area contributed by atoms with Gasteiger partial charge in [-0.3, -0.25) is 4.79 Å². The summed E-state index contributed by atoms with van der Waals surface area (Å²) in [5, 5.41) is 0. The zero-order valence-corrected chi connectivity index (χ0v) is 16.7. The molecule has 1 saturated carbocycles. The Hall–Kier alpha value is -1.11. The third-order valence-electron chi connectivity index (χ3n) is 6.29. The molecule has 2 atom stereocenters. The number of carbonyl (C=O) groups excluding carboxylic acids is 1. The van der Waals surface area contributed by atoms with Crippen LogP contribution in [0.25, 0.3) is 0 Å². The van der Waals surface area contributed by atoms with Gasteiger partial charge in [-0.1, -0.05) is 96.0 Å². The molecule has 1 aliphatic rings. The van der Waals surface area contributed by atoms with Crippen molar-refractivity contribution in [2.75, 3.05) is 0 Å². The first-order valence-corrected chi connectivity index (χ1v) is 10.7. The van der Waals surface area contributed by atoms with Gasteiger partial charge in [0.2, 0.25) is 0 Å². The molecule has 1 heteroatoms. The summed E-state index contributed by atoms with van der Waals surface area (Å²) in [4.78, 5) is 13.3. The number of Topliss-reactive ketones (excluding diaryl/α,β-unsaturated/α-hetero) is 1. The Balaban J connectivity index is 2.14. The molecule has 25 heavy (non-hydrogen) atoms. The van der Waals surface area contributed by atoms with Gasteiger partial charge in [-0.15, -0.1) is 0 Å². The average molecular weight is 343 g/mol. The van der Waals surface area contributed by atoms with Crippen molar-refractivity contribution in [1.29, 1.82) is 0 Å². The van der Waals surface area contributed by atoms with Crippen LogP contribution in [0.5, 0.6) is 0 Å². The van der Waals surface area contributed by atoms with E-state index in [9.17, 15) is 4.79 Å². The third-order valence-corrected chi connectivity index (χ3v) is 6.29. The van der Waals surface area contributed by atoms with Crippen LogP contribution in [0.2, 0.25) is 0 Å². The van der Waals surface area contributed by atoms with Crippen molar-refractivity contribution in [3.8, 4) is 0 Å². The Morgan fingerprint density at radius 2 is 1.76 bits per heavy atom. The fourth-order valence-corrected chi connectivity index (χ4v) is 5.02. The number of ketones is 1. The third kappa shape index (κ3) is 5.97. The van der Waals surface area contributed by atoms with Crippen LogP contribution in [-0.4, -0.2) is 5.78 Å². The fraction of sp³-hybridized carbons (Fsp3) is 0.708. The highest BCUT2D eigenvalue weighted by atomic mass is 16.1. The summed E-state index contributed by atoms with van der Waals surface area (Å²) in [7, 11) is 0. The SMILES string of the molecule is CCCC(C(=O)CC1CCCCC1)C(C)(CCC)Cc1ccccc1. The van der Waals surface area contributed by atoms with Crippen LogP contribution in [0.15, 0.2) is 30.3 Å². The van der Waals surface area contributed by atoms with E-state index in [0.717, 1.165) is 38.5 Å². The van der Waals surface area contributed by atoms with Gasteiger partial charge in [-0.25, -0.2) is 0 Å². The summed E-state index contributed by atoms with van der Waals surface area (Å²) in [5.41, 5.74) is 1.47. The van der Waals surface area contributed by atoms with E-state index >= 15 is 0 Å². The lowest BCUT2D eigenvalue weighted by Crippen LogP contribution is -2.36. The monoisotopic (exact) mass is 342 g/mol. The van der Waals surface area contributed by atoms with E-state index in [1.54, 1.807) is 0 Å². The second kappa shape index (κ2) is 10.1. The molecule has 1 nitrogen and oxygen atoms in total. The molecule has 0 spiro atoms. The molecule has 0 aromatic heterocycles. The topological polar surface area (TPSA) is 17.1 Å². The molecule has 0 amide bonds. The maximum absolute atomic E-state index is 13.3. The minimum atomic E-state index is 0.0951. The first-order valence-electron chi connectivity index (χ1n) is 10.7. The second-order valence-electron chi connectivity index (χ2n) is 8.58. The number of carbonyl (C=O) groups is 1. The molecular weight excluding hydrogens is 304 g/mol. The first-order chi connectivity index (χ1) is 12.1. The zero-order chi connectivity index (χ0) is 18.1. The molecule has 1 aliphatic carbocycles. The van der Waals surface area contributed by atoms with Crippen LogP contribution in [-0.2, 0) is 11.2 Å². The van der Waals surface area contributed by atoms with E-state index in [1.807, 2.05) is 0 Å². The molecule has 0 heterocycles. The summed E-state index contributed by atoms with van der Waals surface area (Å²) in [6, 6.07) is 10.8. The Morgan fingerprint density at radius 3 is 2.36 bits per heavy atom. The van der Waals surface area contributed by atoms with Crippen LogP contribution in [0.1, 0.15) is 90.5 Å². The van der Waals surface area contributed by atoms with Crippen LogP contribution in [0.3, 0.4) is 0 Å². The van der Waals surface area contributed by atoms with Gasteiger partial charge in [0.25, 0.3) is 0 Å². The summed E-state index contributed by atoms with van der Waals surface area (Å²) in [6.07, 6.45) is 12.9. The molecule has 0 N–H and O–H groups in total. The summed E-state index contributed by atoms with van der Waals surface area (Å²) < 4.78 is 0. The predicted octanol–water partition coefficient (Wildman–Crippen LogP) is 6.99. The van der Waals surface area contributed by atoms with E-state index in [-0.39, 0.29) is 11.3 Å². The average Bonchev–Trinajstić information content (AvgIpc) is 2.61. The van der Waals surface area contributed by atoms with E-state index in [1.165, 1.54) is 37.7 Å². The first kappa shape index (κ1) is 20.2. The molecule has 2 rings (SSSR count). The molecule has 140 valence electrons. The molecule has 1 aromatic carbocycles. The van der Waals surface area contributed by atoms with Gasteiger partial charge >= 0.3 is 0 Å². The Labute approximate surface area is 155 Å². The molecule has 0 radical (unpaired) electrons. The second-order valence-corrected chi connectivity index (χ2v) is 8.58. The number of hydrogen-bond donors (Lipinski definition) is 0. The molecule has 0 bridgehead atoms. The van der Waals surface area contributed by atoms with Crippen molar-refractivity contribution < 1.29 is 4.79 Å². The lowest BCUT2D eigenvalue weighted by molar-refractivity contribution is -0.128. The van der Waals surface area contributed by atoms with Crippen molar-refractivity contribution in [3.63, 3.8) is 0 Å². The van der Waals surface area contributed by atoms with E-state index in [0.29, 0.717) is 11.7 Å². The quantitative estimate of drug-likeness (QED) is 0.448. The lowest BCUT2D eigenvalue weighted by Gasteiger charge is -2.38. The Morgan fingerprint density at radius 1 is 1.08 bits per heavy atom. The van der Waals surface area contributed by atoms with Gasteiger partial charge in [0.05, 0.1) is 0 Å². The predicted molar refractivity (Wildman–Crippen MR) is 108 cm³/mol. The van der Waals surface area contributed by atoms with E-state index < -0.39 is 0 Å². The van der Waals surface area contributed by atoms with E-state index in [4.69, 9.17) is 0 Å². The molecule has 1 aromatic rings. The normalized spacial score (nSPS) is 19.3. The summed E-state index contributed by atoms with van der Waals surface area (Å²) >= 11 is 0. The highest BCUT2D eigenvalue weighted by molar-refractivity contribution is 5.82. The molecule has 2 unspecified atom stereocenters. The number of hydrogen-bond acceptors (Lipinski definition) is 1. The smallest absolute Gasteiger partial charge is 0.136 e. The van der Waals surface area contributed by atoms with Crippen molar-refractivity contribution in [2.24, 2.45) is 17.3 Å². The minimum absolute atomic E-state index is 0.0951. The largest absolute Gasteiger partial charge is 0.299 e. The standard InChI is InChI=1S/C24H38O/c1-4-12-22(23(25)18-20-13-8-6-9-14-20)24(3,17-5-2)19-21-15-10-7-11-16-21/h7,10-11,15-16,20,22H,4-6,8-9,12-14,17-19H2,1-3H3. The van der Waals surface area contributed by atoms with Crippen molar-refractivity contribution in [3.05, 3.63) is 35.9 Å². The number of rotatable bonds is 10. The number of benzene rings is 1. The fourth-order valence-electron chi connectivity index (χ4n) is 5.02. The van der Waals surface area contributed by atoms with Crippen LogP contribution < -0.4 is 0 Å². The Kier molecular flexibility index (Phi) is 8.19. The van der Waals surface area contributed by atoms with Crippen molar-refractivity contribution >= 4 is 5.78 Å². The summed E-state index contributed by atoms with van der Waals surface area (Å²) in [6.45, 7) is 6.87. The van der Waals surface area contributed by atoms with Crippen LogP contribution in [0, 0.1) is 17.3 Å². The van der Waals surface area contributed by atoms with Crippen molar-refractivity contribution in [1.82, 2.24) is 0 Å². The van der Waals surface area contributed by atoms with Gasteiger partial charge < -0.3 is 0 Å². The van der Waals surface area contributed by atoms with E-state index in [2.05, 4.69) is 51.1 Å². The maximum atomic E-state index is 13.3. The summed E-state index contributed by atoms with van der Waals surface area (Å²) in [5.74, 6) is 1.43. The highest BCUT2D eigenvalue weighted by Crippen LogP contribution is 2.41. The highest BCUT2D eigenvalue weighted by Gasteiger charge is 2.38.